The molecular formula is C15H11Cl2NO2S. The van der Waals surface area contributed by atoms with E-state index in [0.29, 0.717) is 26.2 Å². The quantitative estimate of drug-likeness (QED) is 0.813. The van der Waals surface area contributed by atoms with Crippen LogP contribution in [0.2, 0.25) is 10.0 Å². The summed E-state index contributed by atoms with van der Waals surface area (Å²) in [5.74, 6) is 4.99. The van der Waals surface area contributed by atoms with Gasteiger partial charge in [0.25, 0.3) is 5.91 Å². The molecular weight excluding hydrogens is 329 g/mol. The van der Waals surface area contributed by atoms with E-state index >= 15 is 0 Å². The first-order valence-corrected chi connectivity index (χ1v) is 7.60. The maximum Gasteiger partial charge on any atom is 0.267 e. The minimum Gasteiger partial charge on any atom is -0.384 e. The van der Waals surface area contributed by atoms with Crippen LogP contribution < -0.4 is 5.32 Å². The number of nitrogens with one attached hydrogen (secondary N) is 1. The zero-order chi connectivity index (χ0) is 15.4. The van der Waals surface area contributed by atoms with Crippen molar-refractivity contribution in [1.29, 1.82) is 0 Å². The van der Waals surface area contributed by atoms with Crippen LogP contribution in [-0.2, 0) is 0 Å². The van der Waals surface area contributed by atoms with Crippen molar-refractivity contribution in [2.75, 3.05) is 11.9 Å². The molecule has 0 atom stereocenters. The predicted molar refractivity (Wildman–Crippen MR) is 87.4 cm³/mol. The molecule has 2 rings (SSSR count). The number of anilines is 1. The highest BCUT2D eigenvalue weighted by Gasteiger charge is 2.15. The van der Waals surface area contributed by atoms with E-state index in [4.69, 9.17) is 28.3 Å². The number of hydrogen-bond donors (Lipinski definition) is 2. The first-order valence-electron chi connectivity index (χ1n) is 5.97. The maximum atomic E-state index is 12.2. The Labute approximate surface area is 136 Å². The Bertz CT molecular complexity index is 744. The van der Waals surface area contributed by atoms with Crippen LogP contribution in [0.1, 0.15) is 20.8 Å². The number of aliphatic hydroxyl groups excluding tert-OH is 1. The van der Waals surface area contributed by atoms with Gasteiger partial charge >= 0.3 is 0 Å². The zero-order valence-electron chi connectivity index (χ0n) is 11.0. The van der Waals surface area contributed by atoms with Crippen molar-refractivity contribution < 1.29 is 9.90 Å². The fourth-order valence-corrected chi connectivity index (χ4v) is 2.97. The van der Waals surface area contributed by atoms with Crippen LogP contribution in [0.15, 0.2) is 23.6 Å². The number of carbonyl (C=O) groups excluding carboxylic acids is 1. The minimum absolute atomic E-state index is 0.268. The molecule has 0 aliphatic carbocycles. The number of thiophene rings is 1. The van der Waals surface area contributed by atoms with Gasteiger partial charge in [0, 0.05) is 10.6 Å². The third-order valence-electron chi connectivity index (χ3n) is 2.64. The Kier molecular flexibility index (Phi) is 5.27. The average molecular weight is 340 g/mol. The minimum atomic E-state index is -0.299. The molecule has 1 amide bonds. The van der Waals surface area contributed by atoms with Gasteiger partial charge in [-0.15, -0.1) is 11.3 Å². The Hall–Kier alpha value is -1.51. The van der Waals surface area contributed by atoms with Crippen molar-refractivity contribution in [3.05, 3.63) is 49.6 Å². The van der Waals surface area contributed by atoms with Crippen LogP contribution in [0.4, 0.5) is 5.69 Å². The second kappa shape index (κ2) is 6.97. The van der Waals surface area contributed by atoms with E-state index in [9.17, 15) is 4.79 Å². The lowest BCUT2D eigenvalue weighted by molar-refractivity contribution is 0.103. The lowest BCUT2D eigenvalue weighted by atomic mass is 10.1. The van der Waals surface area contributed by atoms with Gasteiger partial charge in [0.1, 0.15) is 11.5 Å². The molecule has 1 aromatic heterocycles. The number of hydrogen-bond acceptors (Lipinski definition) is 3. The van der Waals surface area contributed by atoms with Gasteiger partial charge in [-0.1, -0.05) is 35.0 Å². The van der Waals surface area contributed by atoms with Crippen molar-refractivity contribution in [1.82, 2.24) is 0 Å². The summed E-state index contributed by atoms with van der Waals surface area (Å²) in [6.07, 6.45) is 0. The van der Waals surface area contributed by atoms with Crippen LogP contribution in [0, 0.1) is 18.8 Å². The van der Waals surface area contributed by atoms with Crippen LogP contribution in [0.25, 0.3) is 0 Å². The number of rotatable bonds is 2. The third kappa shape index (κ3) is 3.78. The van der Waals surface area contributed by atoms with E-state index in [1.807, 2.05) is 12.3 Å². The van der Waals surface area contributed by atoms with Gasteiger partial charge in [0.2, 0.25) is 0 Å². The van der Waals surface area contributed by atoms with E-state index in [-0.39, 0.29) is 12.5 Å². The first kappa shape index (κ1) is 15.9. The summed E-state index contributed by atoms with van der Waals surface area (Å²) in [6, 6.07) is 4.94. The molecule has 0 radical (unpaired) electrons. The monoisotopic (exact) mass is 339 g/mol. The maximum absolute atomic E-state index is 12.2. The predicted octanol–water partition coefficient (Wildman–Crippen LogP) is 3.96. The highest BCUT2D eigenvalue weighted by molar-refractivity contribution is 7.13. The van der Waals surface area contributed by atoms with Crippen molar-refractivity contribution >= 4 is 46.1 Å². The molecule has 0 unspecified atom stereocenters. The molecule has 2 N–H and O–H groups in total. The van der Waals surface area contributed by atoms with Gasteiger partial charge in [-0.05, 0) is 36.1 Å². The van der Waals surface area contributed by atoms with E-state index in [2.05, 4.69) is 17.2 Å². The van der Waals surface area contributed by atoms with Crippen molar-refractivity contribution in [3.8, 4) is 11.8 Å². The van der Waals surface area contributed by atoms with E-state index in [1.54, 1.807) is 18.2 Å². The number of aliphatic hydroxyl groups is 1. The topological polar surface area (TPSA) is 49.3 Å². The lowest BCUT2D eigenvalue weighted by Crippen LogP contribution is -2.11. The number of amides is 1. The zero-order valence-corrected chi connectivity index (χ0v) is 13.4. The van der Waals surface area contributed by atoms with E-state index in [1.165, 1.54) is 11.3 Å². The summed E-state index contributed by atoms with van der Waals surface area (Å²) in [6.45, 7) is 1.58. The highest BCUT2D eigenvalue weighted by Crippen LogP contribution is 2.28. The Balaban J connectivity index is 2.31. The summed E-state index contributed by atoms with van der Waals surface area (Å²) in [5.41, 5.74) is 1.92. The number of aryl methyl sites for hydroxylation is 1. The molecule has 1 heterocycles. The summed E-state index contributed by atoms with van der Waals surface area (Å²) in [7, 11) is 0. The largest absolute Gasteiger partial charge is 0.384 e. The molecule has 0 saturated carbocycles. The molecule has 0 bridgehead atoms. The molecule has 6 heteroatoms. The van der Waals surface area contributed by atoms with Gasteiger partial charge in [-0.25, -0.2) is 0 Å². The molecule has 2 aromatic rings. The SMILES string of the molecule is Cc1csc(C(=O)Nc2ccc(Cl)cc2C#CCO)c1Cl. The first-order chi connectivity index (χ1) is 10.0. The molecule has 0 aliphatic heterocycles. The third-order valence-corrected chi connectivity index (χ3v) is 4.57. The van der Waals surface area contributed by atoms with Gasteiger partial charge in [-0.2, -0.15) is 0 Å². The molecule has 0 aliphatic rings. The molecule has 21 heavy (non-hydrogen) atoms. The van der Waals surface area contributed by atoms with E-state index in [0.717, 1.165) is 5.56 Å². The van der Waals surface area contributed by atoms with Gasteiger partial charge in [0.05, 0.1) is 10.7 Å². The van der Waals surface area contributed by atoms with Crippen LogP contribution in [0.5, 0.6) is 0 Å². The van der Waals surface area contributed by atoms with Crippen molar-refractivity contribution in [2.24, 2.45) is 0 Å². The second-order valence-corrected chi connectivity index (χ2v) is 5.86. The second-order valence-electron chi connectivity index (χ2n) is 4.17. The number of carbonyl (C=O) groups is 1. The van der Waals surface area contributed by atoms with Crippen LogP contribution >= 0.6 is 34.5 Å². The fraction of sp³-hybridized carbons (Fsp3) is 0.133. The Morgan fingerprint density at radius 2 is 2.19 bits per heavy atom. The highest BCUT2D eigenvalue weighted by atomic mass is 35.5. The molecule has 1 aromatic carbocycles. The van der Waals surface area contributed by atoms with Gasteiger partial charge < -0.3 is 10.4 Å². The standard InChI is InChI=1S/C15H11Cl2NO2S/c1-9-8-21-14(13(9)17)15(20)18-12-5-4-11(16)7-10(12)3-2-6-19/h4-5,7-8,19H,6H2,1H3,(H,18,20). The smallest absolute Gasteiger partial charge is 0.267 e. The number of halogens is 2. The summed E-state index contributed by atoms with van der Waals surface area (Å²) < 4.78 is 0. The molecule has 0 spiro atoms. The molecule has 3 nitrogen and oxygen atoms in total. The molecule has 108 valence electrons. The molecule has 0 saturated heterocycles. The Morgan fingerprint density at radius 1 is 1.43 bits per heavy atom. The van der Waals surface area contributed by atoms with Crippen molar-refractivity contribution in [3.63, 3.8) is 0 Å². The molecule has 0 fully saturated rings. The Morgan fingerprint density at radius 3 is 2.81 bits per heavy atom. The number of benzene rings is 1. The normalized spacial score (nSPS) is 9.90. The summed E-state index contributed by atoms with van der Waals surface area (Å²) in [4.78, 5) is 12.7. The van der Waals surface area contributed by atoms with Crippen LogP contribution in [-0.4, -0.2) is 17.6 Å². The fourth-order valence-electron chi connectivity index (χ4n) is 1.63. The average Bonchev–Trinajstić information content (AvgIpc) is 2.79. The van der Waals surface area contributed by atoms with Crippen LogP contribution in [0.3, 0.4) is 0 Å². The van der Waals surface area contributed by atoms with Crippen molar-refractivity contribution in [2.45, 2.75) is 6.92 Å². The van der Waals surface area contributed by atoms with Gasteiger partial charge in [-0.3, -0.25) is 4.79 Å². The van der Waals surface area contributed by atoms with E-state index < -0.39 is 0 Å². The lowest BCUT2D eigenvalue weighted by Gasteiger charge is -2.07. The summed E-state index contributed by atoms with van der Waals surface area (Å²) in [5, 5.41) is 14.3. The van der Waals surface area contributed by atoms with Gasteiger partial charge in [0.15, 0.2) is 0 Å². The summed E-state index contributed by atoms with van der Waals surface area (Å²) >= 11 is 13.3.